The number of carboxylic acid groups (broad SMARTS) is 1. The van der Waals surface area contributed by atoms with Gasteiger partial charge in [0.05, 0.1) is 4.88 Å². The topological polar surface area (TPSA) is 57.6 Å². The summed E-state index contributed by atoms with van der Waals surface area (Å²) in [5, 5.41) is 11.4. The summed E-state index contributed by atoms with van der Waals surface area (Å²) in [6.07, 6.45) is 2.55. The fraction of sp³-hybridized carbons (Fsp3) is 0.429. The molecule has 2 rings (SSSR count). The van der Waals surface area contributed by atoms with Gasteiger partial charge in [-0.05, 0) is 23.1 Å². The molecule has 0 saturated carbocycles. The highest BCUT2D eigenvalue weighted by Crippen LogP contribution is 2.28. The average molecular weight is 311 g/mol. The van der Waals surface area contributed by atoms with Crippen LogP contribution in [0.3, 0.4) is 0 Å². The van der Waals surface area contributed by atoms with E-state index in [9.17, 15) is 9.59 Å². The van der Waals surface area contributed by atoms with Crippen molar-refractivity contribution < 1.29 is 14.7 Å². The standard InChI is InChI=1S/C14H17NO3S2/c1-9-7-15(8-10(2)20-9)14(18)13-11(5-6-19-13)3-4-12(16)17/h3-6,9-10H,7-8H2,1-2H3,(H,16,17). The first kappa shape index (κ1) is 15.1. The molecule has 1 amide bonds. The summed E-state index contributed by atoms with van der Waals surface area (Å²) in [7, 11) is 0. The number of hydrogen-bond acceptors (Lipinski definition) is 4. The molecule has 0 aromatic carbocycles. The summed E-state index contributed by atoms with van der Waals surface area (Å²) in [4.78, 5) is 25.6. The van der Waals surface area contributed by atoms with E-state index in [-0.39, 0.29) is 5.91 Å². The third kappa shape index (κ3) is 3.64. The molecule has 0 spiro atoms. The van der Waals surface area contributed by atoms with Gasteiger partial charge in [0.25, 0.3) is 5.91 Å². The smallest absolute Gasteiger partial charge is 0.328 e. The summed E-state index contributed by atoms with van der Waals surface area (Å²) in [6, 6.07) is 1.78. The summed E-state index contributed by atoms with van der Waals surface area (Å²) >= 11 is 3.26. The molecule has 1 aromatic rings. The van der Waals surface area contributed by atoms with Crippen molar-refractivity contribution >= 4 is 41.1 Å². The molecule has 0 bridgehead atoms. The highest BCUT2D eigenvalue weighted by Gasteiger charge is 2.27. The van der Waals surface area contributed by atoms with Crippen molar-refractivity contribution in [3.8, 4) is 0 Å². The molecule has 0 aliphatic carbocycles. The molecule has 1 fully saturated rings. The number of thiophene rings is 1. The van der Waals surface area contributed by atoms with Crippen molar-refractivity contribution in [3.05, 3.63) is 28.0 Å². The van der Waals surface area contributed by atoms with Crippen LogP contribution in [0, 0.1) is 0 Å². The van der Waals surface area contributed by atoms with Gasteiger partial charge in [0.2, 0.25) is 0 Å². The van der Waals surface area contributed by atoms with Crippen molar-refractivity contribution in [3.63, 3.8) is 0 Å². The lowest BCUT2D eigenvalue weighted by Gasteiger charge is -2.34. The van der Waals surface area contributed by atoms with Crippen LogP contribution in [0.1, 0.15) is 29.1 Å². The number of amides is 1. The Morgan fingerprint density at radius 2 is 2.00 bits per heavy atom. The number of carboxylic acids is 1. The number of nitrogens with zero attached hydrogens (tertiary/aromatic N) is 1. The van der Waals surface area contributed by atoms with Crippen molar-refractivity contribution in [2.75, 3.05) is 13.1 Å². The van der Waals surface area contributed by atoms with E-state index in [2.05, 4.69) is 13.8 Å². The minimum absolute atomic E-state index is 0.00374. The van der Waals surface area contributed by atoms with Gasteiger partial charge in [0, 0.05) is 29.7 Å². The summed E-state index contributed by atoms with van der Waals surface area (Å²) < 4.78 is 0. The number of rotatable bonds is 3. The third-order valence-electron chi connectivity index (χ3n) is 3.00. The highest BCUT2D eigenvalue weighted by atomic mass is 32.2. The normalized spacial score (nSPS) is 23.2. The van der Waals surface area contributed by atoms with Crippen LogP contribution >= 0.6 is 23.1 Å². The zero-order valence-corrected chi connectivity index (χ0v) is 13.0. The van der Waals surface area contributed by atoms with Crippen molar-refractivity contribution in [1.29, 1.82) is 0 Å². The Kier molecular flexibility index (Phi) is 4.88. The molecule has 2 atom stereocenters. The molecule has 2 unspecified atom stereocenters. The van der Waals surface area contributed by atoms with Gasteiger partial charge in [-0.2, -0.15) is 11.8 Å². The quantitative estimate of drug-likeness (QED) is 0.872. The lowest BCUT2D eigenvalue weighted by atomic mass is 10.2. The molecule has 1 N–H and O–H groups in total. The lowest BCUT2D eigenvalue weighted by molar-refractivity contribution is -0.131. The van der Waals surface area contributed by atoms with Gasteiger partial charge in [-0.3, -0.25) is 4.79 Å². The first-order valence-electron chi connectivity index (χ1n) is 6.40. The molecular formula is C14H17NO3S2. The van der Waals surface area contributed by atoms with Gasteiger partial charge >= 0.3 is 5.97 Å². The SMILES string of the molecule is CC1CN(C(=O)c2sccc2C=CC(=O)O)CC(C)S1. The zero-order valence-electron chi connectivity index (χ0n) is 11.4. The largest absolute Gasteiger partial charge is 0.478 e. The maximum absolute atomic E-state index is 12.6. The Morgan fingerprint density at radius 1 is 1.35 bits per heavy atom. The second-order valence-electron chi connectivity index (χ2n) is 4.84. The van der Waals surface area contributed by atoms with E-state index in [4.69, 9.17) is 5.11 Å². The molecule has 6 heteroatoms. The van der Waals surface area contributed by atoms with E-state index in [0.717, 1.165) is 19.2 Å². The van der Waals surface area contributed by atoms with Crippen LogP contribution in [0.25, 0.3) is 6.08 Å². The predicted octanol–water partition coefficient (Wildman–Crippen LogP) is 2.81. The summed E-state index contributed by atoms with van der Waals surface area (Å²) in [5.74, 6) is -1.00. The van der Waals surface area contributed by atoms with E-state index >= 15 is 0 Å². The first-order valence-corrected chi connectivity index (χ1v) is 8.23. The van der Waals surface area contributed by atoms with Gasteiger partial charge in [0.15, 0.2) is 0 Å². The predicted molar refractivity (Wildman–Crippen MR) is 83.4 cm³/mol. The van der Waals surface area contributed by atoms with Crippen LogP contribution in [0.2, 0.25) is 0 Å². The second-order valence-corrected chi connectivity index (χ2v) is 7.64. The Bertz CT molecular complexity index is 528. The highest BCUT2D eigenvalue weighted by molar-refractivity contribution is 8.00. The summed E-state index contributed by atoms with van der Waals surface area (Å²) in [5.41, 5.74) is 0.681. The van der Waals surface area contributed by atoms with Crippen LogP contribution in [0.15, 0.2) is 17.5 Å². The first-order chi connectivity index (χ1) is 9.47. The number of thioether (sulfide) groups is 1. The van der Waals surface area contributed by atoms with E-state index in [1.54, 1.807) is 6.07 Å². The second kappa shape index (κ2) is 6.45. The maximum atomic E-state index is 12.6. The van der Waals surface area contributed by atoms with Crippen LogP contribution in [-0.2, 0) is 4.79 Å². The molecule has 1 aromatic heterocycles. The van der Waals surface area contributed by atoms with Gasteiger partial charge in [-0.15, -0.1) is 11.3 Å². The molecule has 1 aliphatic heterocycles. The van der Waals surface area contributed by atoms with Crippen molar-refractivity contribution in [2.24, 2.45) is 0 Å². The van der Waals surface area contributed by atoms with Crippen LogP contribution in [-0.4, -0.2) is 45.5 Å². The van der Waals surface area contributed by atoms with Gasteiger partial charge in [-0.1, -0.05) is 13.8 Å². The molecule has 1 saturated heterocycles. The number of aliphatic carboxylic acids is 1. The number of carbonyl (C=O) groups is 2. The fourth-order valence-electron chi connectivity index (χ4n) is 2.27. The Morgan fingerprint density at radius 3 is 2.60 bits per heavy atom. The maximum Gasteiger partial charge on any atom is 0.328 e. The average Bonchev–Trinajstić information content (AvgIpc) is 2.82. The van der Waals surface area contributed by atoms with Gasteiger partial charge in [0.1, 0.15) is 0 Å². The Balaban J connectivity index is 2.17. The minimum Gasteiger partial charge on any atom is -0.478 e. The number of carbonyl (C=O) groups excluding carboxylic acids is 1. The van der Waals surface area contributed by atoms with Crippen LogP contribution < -0.4 is 0 Å². The molecule has 4 nitrogen and oxygen atoms in total. The Labute approximate surface area is 126 Å². The minimum atomic E-state index is -1.01. The molecule has 20 heavy (non-hydrogen) atoms. The lowest BCUT2D eigenvalue weighted by Crippen LogP contribution is -2.43. The molecule has 2 heterocycles. The number of hydrogen-bond donors (Lipinski definition) is 1. The third-order valence-corrected chi connectivity index (χ3v) is 5.15. The van der Waals surface area contributed by atoms with E-state index in [0.29, 0.717) is 20.9 Å². The van der Waals surface area contributed by atoms with Crippen LogP contribution in [0.4, 0.5) is 0 Å². The summed E-state index contributed by atoms with van der Waals surface area (Å²) in [6.45, 7) is 5.74. The molecule has 108 valence electrons. The van der Waals surface area contributed by atoms with Crippen molar-refractivity contribution in [1.82, 2.24) is 4.90 Å². The van der Waals surface area contributed by atoms with E-state index in [1.807, 2.05) is 22.0 Å². The molecular weight excluding hydrogens is 294 g/mol. The zero-order chi connectivity index (χ0) is 14.7. The molecule has 1 aliphatic rings. The van der Waals surface area contributed by atoms with Gasteiger partial charge in [-0.25, -0.2) is 4.79 Å². The van der Waals surface area contributed by atoms with Crippen LogP contribution in [0.5, 0.6) is 0 Å². The van der Waals surface area contributed by atoms with E-state index < -0.39 is 5.97 Å². The van der Waals surface area contributed by atoms with Crippen molar-refractivity contribution in [2.45, 2.75) is 24.3 Å². The fourth-order valence-corrected chi connectivity index (χ4v) is 4.45. The Hall–Kier alpha value is -1.27. The van der Waals surface area contributed by atoms with E-state index in [1.165, 1.54) is 17.4 Å². The molecule has 0 radical (unpaired) electrons. The van der Waals surface area contributed by atoms with Gasteiger partial charge < -0.3 is 10.0 Å². The monoisotopic (exact) mass is 311 g/mol.